The summed E-state index contributed by atoms with van der Waals surface area (Å²) < 4.78 is 10.7. The molecular formula is C14H21NO2. The Hall–Kier alpha value is -1.06. The van der Waals surface area contributed by atoms with E-state index < -0.39 is 0 Å². The summed E-state index contributed by atoms with van der Waals surface area (Å²) in [7, 11) is 1.69. The van der Waals surface area contributed by atoms with Gasteiger partial charge in [-0.2, -0.15) is 0 Å². The van der Waals surface area contributed by atoms with E-state index in [1.807, 2.05) is 12.1 Å². The van der Waals surface area contributed by atoms with Crippen LogP contribution in [-0.2, 0) is 11.2 Å². The van der Waals surface area contributed by atoms with Gasteiger partial charge >= 0.3 is 0 Å². The third-order valence-corrected chi connectivity index (χ3v) is 3.34. The summed E-state index contributed by atoms with van der Waals surface area (Å²) in [5.41, 5.74) is 1.47. The van der Waals surface area contributed by atoms with Gasteiger partial charge in [0.2, 0.25) is 0 Å². The van der Waals surface area contributed by atoms with Crippen LogP contribution in [0.3, 0.4) is 0 Å². The maximum atomic E-state index is 5.53. The number of methoxy groups -OCH3 is 1. The average molecular weight is 235 g/mol. The third kappa shape index (κ3) is 3.45. The lowest BCUT2D eigenvalue weighted by molar-refractivity contribution is 0.0318. The number of nitrogens with one attached hydrogen (secondary N) is 1. The monoisotopic (exact) mass is 235 g/mol. The molecule has 3 heteroatoms. The standard InChI is InChI=1S/C14H21NO2/c1-14(11-17-10-9-15-14)8-7-12-3-5-13(16-2)6-4-12/h3-6,15H,7-11H2,1-2H3. The van der Waals surface area contributed by atoms with Crippen molar-refractivity contribution in [3.63, 3.8) is 0 Å². The summed E-state index contributed by atoms with van der Waals surface area (Å²) in [6, 6.07) is 8.29. The molecule has 1 N–H and O–H groups in total. The predicted octanol–water partition coefficient (Wildman–Crippen LogP) is 2.01. The lowest BCUT2D eigenvalue weighted by Gasteiger charge is -2.34. The van der Waals surface area contributed by atoms with E-state index in [4.69, 9.17) is 9.47 Å². The summed E-state index contributed by atoms with van der Waals surface area (Å²) in [5, 5.41) is 3.54. The average Bonchev–Trinajstić information content (AvgIpc) is 2.38. The molecule has 1 aliphatic rings. The van der Waals surface area contributed by atoms with E-state index in [9.17, 15) is 0 Å². The Labute approximate surface area is 103 Å². The molecule has 0 saturated carbocycles. The lowest BCUT2D eigenvalue weighted by Crippen LogP contribution is -2.52. The normalized spacial score (nSPS) is 24.6. The van der Waals surface area contributed by atoms with Gasteiger partial charge in [0.15, 0.2) is 0 Å². The van der Waals surface area contributed by atoms with Gasteiger partial charge in [0, 0.05) is 12.1 Å². The van der Waals surface area contributed by atoms with Crippen LogP contribution in [-0.4, -0.2) is 32.4 Å². The summed E-state index contributed by atoms with van der Waals surface area (Å²) >= 11 is 0. The van der Waals surface area contributed by atoms with Gasteiger partial charge in [0.25, 0.3) is 0 Å². The molecule has 0 bridgehead atoms. The highest BCUT2D eigenvalue weighted by Crippen LogP contribution is 2.18. The lowest BCUT2D eigenvalue weighted by atomic mass is 9.93. The minimum atomic E-state index is 0.123. The summed E-state index contributed by atoms with van der Waals surface area (Å²) in [4.78, 5) is 0. The van der Waals surface area contributed by atoms with Crippen LogP contribution in [0.25, 0.3) is 0 Å². The minimum absolute atomic E-state index is 0.123. The number of benzene rings is 1. The van der Waals surface area contributed by atoms with Crippen molar-refractivity contribution in [3.8, 4) is 5.75 Å². The Morgan fingerprint density at radius 3 is 2.71 bits per heavy atom. The van der Waals surface area contributed by atoms with Crippen molar-refractivity contribution in [2.24, 2.45) is 0 Å². The first kappa shape index (κ1) is 12.4. The molecule has 0 radical (unpaired) electrons. The maximum Gasteiger partial charge on any atom is 0.118 e. The molecule has 17 heavy (non-hydrogen) atoms. The molecule has 1 saturated heterocycles. The molecule has 0 amide bonds. The van der Waals surface area contributed by atoms with E-state index >= 15 is 0 Å². The van der Waals surface area contributed by atoms with Crippen LogP contribution in [0.15, 0.2) is 24.3 Å². The number of hydrogen-bond acceptors (Lipinski definition) is 3. The molecule has 94 valence electrons. The van der Waals surface area contributed by atoms with Gasteiger partial charge < -0.3 is 14.8 Å². The van der Waals surface area contributed by atoms with Crippen molar-refractivity contribution in [3.05, 3.63) is 29.8 Å². The Morgan fingerprint density at radius 2 is 2.12 bits per heavy atom. The van der Waals surface area contributed by atoms with Crippen molar-refractivity contribution in [2.45, 2.75) is 25.3 Å². The van der Waals surface area contributed by atoms with Crippen molar-refractivity contribution in [1.82, 2.24) is 5.32 Å². The zero-order chi connectivity index (χ0) is 12.1. The van der Waals surface area contributed by atoms with E-state index in [2.05, 4.69) is 24.4 Å². The number of ether oxygens (including phenoxy) is 2. The van der Waals surface area contributed by atoms with Crippen LogP contribution in [0.1, 0.15) is 18.9 Å². The fourth-order valence-corrected chi connectivity index (χ4v) is 2.15. The summed E-state index contributed by atoms with van der Waals surface area (Å²) in [6.45, 7) is 4.83. The molecule has 0 spiro atoms. The zero-order valence-corrected chi connectivity index (χ0v) is 10.7. The second-order valence-corrected chi connectivity index (χ2v) is 4.89. The van der Waals surface area contributed by atoms with E-state index in [1.54, 1.807) is 7.11 Å². The van der Waals surface area contributed by atoms with Crippen LogP contribution in [0.4, 0.5) is 0 Å². The third-order valence-electron chi connectivity index (χ3n) is 3.34. The van der Waals surface area contributed by atoms with Crippen LogP contribution in [0, 0.1) is 0 Å². The van der Waals surface area contributed by atoms with Gasteiger partial charge in [-0.25, -0.2) is 0 Å². The Balaban J connectivity index is 1.87. The molecule has 2 rings (SSSR count). The highest BCUT2D eigenvalue weighted by atomic mass is 16.5. The number of hydrogen-bond donors (Lipinski definition) is 1. The largest absolute Gasteiger partial charge is 0.497 e. The molecular weight excluding hydrogens is 214 g/mol. The highest BCUT2D eigenvalue weighted by Gasteiger charge is 2.26. The molecule has 1 heterocycles. The zero-order valence-electron chi connectivity index (χ0n) is 10.7. The smallest absolute Gasteiger partial charge is 0.118 e. The van der Waals surface area contributed by atoms with Crippen molar-refractivity contribution >= 4 is 0 Å². The fourth-order valence-electron chi connectivity index (χ4n) is 2.15. The summed E-state index contributed by atoms with van der Waals surface area (Å²) in [5.74, 6) is 0.916. The molecule has 1 aromatic rings. The molecule has 3 nitrogen and oxygen atoms in total. The molecule has 0 aromatic heterocycles. The van der Waals surface area contributed by atoms with Crippen LogP contribution >= 0.6 is 0 Å². The first-order valence-electron chi connectivity index (χ1n) is 6.18. The topological polar surface area (TPSA) is 30.5 Å². The second kappa shape index (κ2) is 5.52. The quantitative estimate of drug-likeness (QED) is 0.866. The molecule has 1 unspecified atom stereocenters. The molecule has 1 aromatic carbocycles. The SMILES string of the molecule is COc1ccc(CCC2(C)COCCN2)cc1. The Bertz CT molecular complexity index is 342. The predicted molar refractivity (Wildman–Crippen MR) is 68.5 cm³/mol. The molecule has 1 atom stereocenters. The highest BCUT2D eigenvalue weighted by molar-refractivity contribution is 5.27. The Kier molecular flexibility index (Phi) is 4.02. The van der Waals surface area contributed by atoms with Gasteiger partial charge in [-0.1, -0.05) is 12.1 Å². The second-order valence-electron chi connectivity index (χ2n) is 4.89. The first-order valence-corrected chi connectivity index (χ1v) is 6.18. The number of rotatable bonds is 4. The van der Waals surface area contributed by atoms with E-state index in [1.165, 1.54) is 5.56 Å². The van der Waals surface area contributed by atoms with Gasteiger partial charge in [0.05, 0.1) is 20.3 Å². The van der Waals surface area contributed by atoms with E-state index in [0.717, 1.165) is 38.3 Å². The molecule has 1 aliphatic heterocycles. The fraction of sp³-hybridized carbons (Fsp3) is 0.571. The number of aryl methyl sites for hydroxylation is 1. The van der Waals surface area contributed by atoms with Gasteiger partial charge in [-0.3, -0.25) is 0 Å². The minimum Gasteiger partial charge on any atom is -0.497 e. The van der Waals surface area contributed by atoms with Gasteiger partial charge in [0.1, 0.15) is 5.75 Å². The summed E-state index contributed by atoms with van der Waals surface area (Å²) in [6.07, 6.45) is 2.16. The van der Waals surface area contributed by atoms with E-state index in [0.29, 0.717) is 0 Å². The Morgan fingerprint density at radius 1 is 1.35 bits per heavy atom. The van der Waals surface area contributed by atoms with Crippen molar-refractivity contribution in [1.29, 1.82) is 0 Å². The van der Waals surface area contributed by atoms with Gasteiger partial charge in [-0.15, -0.1) is 0 Å². The number of morpholine rings is 1. The maximum absolute atomic E-state index is 5.53. The molecule has 0 aliphatic carbocycles. The first-order chi connectivity index (χ1) is 8.22. The van der Waals surface area contributed by atoms with Gasteiger partial charge in [-0.05, 0) is 37.5 Å². The van der Waals surface area contributed by atoms with Crippen molar-refractivity contribution in [2.75, 3.05) is 26.9 Å². The van der Waals surface area contributed by atoms with Crippen LogP contribution < -0.4 is 10.1 Å². The molecule has 1 fully saturated rings. The van der Waals surface area contributed by atoms with Crippen LogP contribution in [0.5, 0.6) is 5.75 Å². The van der Waals surface area contributed by atoms with Crippen molar-refractivity contribution < 1.29 is 9.47 Å². The van der Waals surface area contributed by atoms with E-state index in [-0.39, 0.29) is 5.54 Å². The van der Waals surface area contributed by atoms with Crippen LogP contribution in [0.2, 0.25) is 0 Å².